The van der Waals surface area contributed by atoms with E-state index in [-0.39, 0.29) is 12.5 Å². The van der Waals surface area contributed by atoms with Gasteiger partial charge in [-0.1, -0.05) is 24.3 Å². The summed E-state index contributed by atoms with van der Waals surface area (Å²) in [4.78, 5) is 37.7. The second-order valence-electron chi connectivity index (χ2n) is 6.63. The molecule has 0 saturated heterocycles. The van der Waals surface area contributed by atoms with Crippen LogP contribution in [0.5, 0.6) is 11.5 Å². The van der Waals surface area contributed by atoms with E-state index < -0.39 is 24.0 Å². The van der Waals surface area contributed by atoms with Crippen LogP contribution < -0.4 is 25.6 Å². The third-order valence-corrected chi connectivity index (χ3v) is 5.80. The molecular weight excluding hydrogens is 486 g/mol. The van der Waals surface area contributed by atoms with Crippen LogP contribution in [0, 0.1) is 0 Å². The van der Waals surface area contributed by atoms with Gasteiger partial charge < -0.3 is 14.8 Å². The monoisotopic (exact) mass is 507 g/mol. The van der Waals surface area contributed by atoms with Crippen molar-refractivity contribution in [3.8, 4) is 11.5 Å². The fourth-order valence-electron chi connectivity index (χ4n) is 2.83. The van der Waals surface area contributed by atoms with Crippen molar-refractivity contribution in [2.24, 2.45) is 0 Å². The first kappa shape index (κ1) is 23.0. The Morgan fingerprint density at radius 3 is 2.55 bits per heavy atom. The van der Waals surface area contributed by atoms with Gasteiger partial charge in [0.05, 0.1) is 5.56 Å². The highest BCUT2D eigenvalue weighted by Gasteiger charge is 2.29. The van der Waals surface area contributed by atoms with E-state index in [9.17, 15) is 14.4 Å². The zero-order valence-electron chi connectivity index (χ0n) is 16.7. The van der Waals surface area contributed by atoms with Crippen LogP contribution in [0.15, 0.2) is 53.0 Å². The summed E-state index contributed by atoms with van der Waals surface area (Å²) in [5, 5.41) is 2.72. The van der Waals surface area contributed by atoms with Crippen molar-refractivity contribution < 1.29 is 23.9 Å². The van der Waals surface area contributed by atoms with Gasteiger partial charge in [-0.05, 0) is 58.6 Å². The van der Waals surface area contributed by atoms with Gasteiger partial charge in [0.1, 0.15) is 12.6 Å². The quantitative estimate of drug-likeness (QED) is 0.496. The van der Waals surface area contributed by atoms with Crippen molar-refractivity contribution >= 4 is 45.4 Å². The van der Waals surface area contributed by atoms with Crippen LogP contribution in [0.4, 0.5) is 0 Å². The molecule has 3 rings (SSSR count). The Balaban J connectivity index is 1.57. The van der Waals surface area contributed by atoms with E-state index in [4.69, 9.17) is 9.47 Å². The van der Waals surface area contributed by atoms with E-state index in [1.807, 2.05) is 6.26 Å². The smallest absolute Gasteiger partial charge is 0.283 e. The summed E-state index contributed by atoms with van der Waals surface area (Å²) in [6, 6.07) is 13.1. The maximum atomic E-state index is 12.7. The fourth-order valence-corrected chi connectivity index (χ4v) is 3.76. The second-order valence-corrected chi connectivity index (χ2v) is 8.47. The van der Waals surface area contributed by atoms with Gasteiger partial charge in [0.25, 0.3) is 17.7 Å². The average molecular weight is 508 g/mol. The van der Waals surface area contributed by atoms with Crippen LogP contribution in [0.25, 0.3) is 0 Å². The predicted molar refractivity (Wildman–Crippen MR) is 121 cm³/mol. The van der Waals surface area contributed by atoms with E-state index in [0.717, 1.165) is 0 Å². The first-order valence-electron chi connectivity index (χ1n) is 9.52. The number of carbonyl (C=O) groups excluding carboxylic acids is 3. The summed E-state index contributed by atoms with van der Waals surface area (Å²) in [5.41, 5.74) is 5.14. The Morgan fingerprint density at radius 2 is 1.81 bits per heavy atom. The summed E-state index contributed by atoms with van der Waals surface area (Å²) in [6.45, 7) is 0.0212. The molecule has 0 fully saturated rings. The van der Waals surface area contributed by atoms with Crippen LogP contribution >= 0.6 is 27.7 Å². The number of nitrogens with one attached hydrogen (secondary N) is 3. The third kappa shape index (κ3) is 6.14. The number of halogens is 1. The Labute approximate surface area is 192 Å². The summed E-state index contributed by atoms with van der Waals surface area (Å²) < 4.78 is 11.8. The van der Waals surface area contributed by atoms with Gasteiger partial charge in [0.15, 0.2) is 11.5 Å². The van der Waals surface area contributed by atoms with Gasteiger partial charge in [0.2, 0.25) is 6.10 Å². The molecule has 0 aromatic heterocycles. The van der Waals surface area contributed by atoms with E-state index in [1.165, 1.54) is 0 Å². The second kappa shape index (κ2) is 11.1. The SMILES string of the molecule is CSCCC(NC(=O)c1ccccc1Br)C(=O)NNC(=O)C1COc2ccccc2O1. The van der Waals surface area contributed by atoms with Crippen LogP contribution in [0.1, 0.15) is 16.8 Å². The maximum Gasteiger partial charge on any atom is 0.283 e. The van der Waals surface area contributed by atoms with Crippen LogP contribution in [-0.4, -0.2) is 48.5 Å². The average Bonchev–Trinajstić information content (AvgIpc) is 2.79. The van der Waals surface area contributed by atoms with Crippen molar-refractivity contribution in [1.29, 1.82) is 0 Å². The Bertz CT molecular complexity index is 958. The molecule has 0 aliphatic carbocycles. The predicted octanol–water partition coefficient (Wildman–Crippen LogP) is 2.29. The number of thioether (sulfide) groups is 1. The van der Waals surface area contributed by atoms with Crippen LogP contribution in [0.3, 0.4) is 0 Å². The molecule has 2 unspecified atom stereocenters. The molecule has 2 aromatic carbocycles. The minimum absolute atomic E-state index is 0.0212. The molecule has 3 N–H and O–H groups in total. The minimum atomic E-state index is -0.908. The highest BCUT2D eigenvalue weighted by atomic mass is 79.9. The molecule has 2 aromatic rings. The van der Waals surface area contributed by atoms with Gasteiger partial charge >= 0.3 is 0 Å². The minimum Gasteiger partial charge on any atom is -0.485 e. The summed E-state index contributed by atoms with van der Waals surface area (Å²) in [5.74, 6) is 0.198. The molecule has 0 radical (unpaired) electrons. The Morgan fingerprint density at radius 1 is 1.10 bits per heavy atom. The molecular formula is C21H22BrN3O5S. The number of hydrogen-bond donors (Lipinski definition) is 3. The van der Waals surface area contributed by atoms with Crippen molar-refractivity contribution in [2.75, 3.05) is 18.6 Å². The van der Waals surface area contributed by atoms with Gasteiger partial charge in [-0.15, -0.1) is 0 Å². The molecule has 31 heavy (non-hydrogen) atoms. The zero-order chi connectivity index (χ0) is 22.2. The summed E-state index contributed by atoms with van der Waals surface area (Å²) in [6.07, 6.45) is 1.40. The highest BCUT2D eigenvalue weighted by molar-refractivity contribution is 9.10. The van der Waals surface area contributed by atoms with Crippen molar-refractivity contribution in [3.05, 3.63) is 58.6 Å². The third-order valence-electron chi connectivity index (χ3n) is 4.46. The van der Waals surface area contributed by atoms with Crippen molar-refractivity contribution in [1.82, 2.24) is 16.2 Å². The van der Waals surface area contributed by atoms with Gasteiger partial charge in [-0.2, -0.15) is 11.8 Å². The maximum absolute atomic E-state index is 12.7. The molecule has 0 bridgehead atoms. The number of para-hydroxylation sites is 2. The first-order chi connectivity index (χ1) is 15.0. The van der Waals surface area contributed by atoms with Crippen LogP contribution in [-0.2, 0) is 9.59 Å². The number of rotatable bonds is 7. The number of hydrogen-bond acceptors (Lipinski definition) is 6. The Hall–Kier alpha value is -2.72. The highest BCUT2D eigenvalue weighted by Crippen LogP contribution is 2.30. The summed E-state index contributed by atoms with van der Waals surface area (Å²) in [7, 11) is 0. The molecule has 10 heteroatoms. The lowest BCUT2D eigenvalue weighted by atomic mass is 10.1. The molecule has 2 atom stereocenters. The molecule has 8 nitrogen and oxygen atoms in total. The molecule has 164 valence electrons. The zero-order valence-corrected chi connectivity index (χ0v) is 19.1. The van der Waals surface area contributed by atoms with Gasteiger partial charge in [-0.25, -0.2) is 0 Å². The number of carbonyl (C=O) groups is 3. The number of amides is 3. The standard InChI is InChI=1S/C21H22BrN3O5S/c1-31-11-10-15(23-19(26)13-6-2-3-7-14(13)22)20(27)24-25-21(28)18-12-29-16-8-4-5-9-17(16)30-18/h2-9,15,18H,10-12H2,1H3,(H,23,26)(H,24,27)(H,25,28). The van der Waals surface area contributed by atoms with E-state index in [2.05, 4.69) is 32.1 Å². The molecule has 1 heterocycles. The first-order valence-corrected chi connectivity index (χ1v) is 11.7. The molecule has 0 spiro atoms. The van der Waals surface area contributed by atoms with Gasteiger partial charge in [-0.3, -0.25) is 25.2 Å². The topological polar surface area (TPSA) is 106 Å². The lowest BCUT2D eigenvalue weighted by molar-refractivity contribution is -0.135. The largest absolute Gasteiger partial charge is 0.485 e. The van der Waals surface area contributed by atoms with Crippen molar-refractivity contribution in [2.45, 2.75) is 18.6 Å². The number of hydrazine groups is 1. The van der Waals surface area contributed by atoms with E-state index in [0.29, 0.717) is 33.7 Å². The van der Waals surface area contributed by atoms with Crippen LogP contribution in [0.2, 0.25) is 0 Å². The van der Waals surface area contributed by atoms with E-state index >= 15 is 0 Å². The molecule has 1 aliphatic rings. The number of fused-ring (bicyclic) bond motifs is 1. The Kier molecular flexibility index (Phi) is 8.19. The molecule has 0 saturated carbocycles. The lowest BCUT2D eigenvalue weighted by Gasteiger charge is -2.26. The fraction of sp³-hybridized carbons (Fsp3) is 0.286. The molecule has 3 amide bonds. The number of ether oxygens (including phenoxy) is 2. The normalized spacial score (nSPS) is 15.5. The van der Waals surface area contributed by atoms with Gasteiger partial charge in [0, 0.05) is 4.47 Å². The lowest BCUT2D eigenvalue weighted by Crippen LogP contribution is -2.56. The van der Waals surface area contributed by atoms with E-state index in [1.54, 1.807) is 60.3 Å². The number of benzene rings is 2. The molecule has 1 aliphatic heterocycles. The van der Waals surface area contributed by atoms with Crippen molar-refractivity contribution in [3.63, 3.8) is 0 Å². The summed E-state index contributed by atoms with van der Waals surface area (Å²) >= 11 is 4.88.